The Labute approximate surface area is 144 Å². The van der Waals surface area contributed by atoms with Crippen molar-refractivity contribution in [2.45, 2.75) is 6.92 Å². The van der Waals surface area contributed by atoms with Gasteiger partial charge in [0.2, 0.25) is 0 Å². The molecule has 0 unspecified atom stereocenters. The third-order valence-electron chi connectivity index (χ3n) is 4.10. The first-order valence-corrected chi connectivity index (χ1v) is 7.68. The second-order valence-corrected chi connectivity index (χ2v) is 5.72. The first kappa shape index (κ1) is 16.5. The molecule has 0 radical (unpaired) electrons. The Morgan fingerprint density at radius 3 is 2.40 bits per heavy atom. The highest BCUT2D eigenvalue weighted by Crippen LogP contribution is 2.37. The lowest BCUT2D eigenvalue weighted by Crippen LogP contribution is -2.15. The first-order chi connectivity index (χ1) is 12.0. The van der Waals surface area contributed by atoms with Gasteiger partial charge in [0.25, 0.3) is 0 Å². The van der Waals surface area contributed by atoms with E-state index in [2.05, 4.69) is 5.16 Å². The summed E-state index contributed by atoms with van der Waals surface area (Å²) in [5.41, 5.74) is 10.2. The molecule has 0 saturated carbocycles. The minimum Gasteiger partial charge on any atom is -0.508 e. The molecule has 0 spiro atoms. The number of oxime groups is 1. The number of amidine groups is 1. The van der Waals surface area contributed by atoms with Crippen molar-refractivity contribution in [1.29, 1.82) is 0 Å². The molecule has 0 aromatic heterocycles. The summed E-state index contributed by atoms with van der Waals surface area (Å²) in [5.74, 6) is -0.273. The van der Waals surface area contributed by atoms with Crippen LogP contribution in [0.2, 0.25) is 0 Å². The molecule has 3 aromatic rings. The molecule has 3 aromatic carbocycles. The number of halogens is 1. The normalized spacial score (nSPS) is 11.5. The lowest BCUT2D eigenvalue weighted by Gasteiger charge is -2.17. The molecular weight excluding hydrogens is 319 g/mol. The van der Waals surface area contributed by atoms with Crippen LogP contribution in [0.4, 0.5) is 4.39 Å². The van der Waals surface area contributed by atoms with Gasteiger partial charge in [-0.25, -0.2) is 4.39 Å². The summed E-state index contributed by atoms with van der Waals surface area (Å²) >= 11 is 0. The maximum Gasteiger partial charge on any atom is 0.170 e. The molecule has 0 aliphatic heterocycles. The number of nitrogens with two attached hydrogens (primary N) is 1. The largest absolute Gasteiger partial charge is 0.508 e. The smallest absolute Gasteiger partial charge is 0.170 e. The van der Waals surface area contributed by atoms with E-state index < -0.39 is 0 Å². The number of rotatable bonds is 3. The molecule has 0 bridgehead atoms. The average Bonchev–Trinajstić information content (AvgIpc) is 2.63. The van der Waals surface area contributed by atoms with Gasteiger partial charge in [-0.1, -0.05) is 41.6 Å². The topological polar surface area (TPSA) is 78.8 Å². The van der Waals surface area contributed by atoms with Crippen molar-refractivity contribution < 1.29 is 14.7 Å². The van der Waals surface area contributed by atoms with Crippen LogP contribution in [0.5, 0.6) is 5.75 Å². The Morgan fingerprint density at radius 1 is 1.00 bits per heavy atom. The van der Waals surface area contributed by atoms with Crippen LogP contribution in [-0.2, 0) is 0 Å². The summed E-state index contributed by atoms with van der Waals surface area (Å²) in [4.78, 5) is 0. The van der Waals surface area contributed by atoms with Gasteiger partial charge in [-0.3, -0.25) is 0 Å². The van der Waals surface area contributed by atoms with Gasteiger partial charge in [0, 0.05) is 11.1 Å². The molecule has 0 aliphatic carbocycles. The molecule has 0 atom stereocenters. The summed E-state index contributed by atoms with van der Waals surface area (Å²) in [6.07, 6.45) is 0. The minimum atomic E-state index is -0.369. The molecule has 5 heteroatoms. The molecule has 4 nitrogen and oxygen atoms in total. The Kier molecular flexibility index (Phi) is 4.39. The van der Waals surface area contributed by atoms with E-state index in [0.717, 1.165) is 16.7 Å². The standard InChI is InChI=1S/C20H17FN2O2/c1-12-5-8-14(21)11-18(12)19-16(13-6-9-15(24)10-7-13)3-2-4-17(19)20(22)23-25/h2-11,24-25H,1H3,(H2,22,23). The SMILES string of the molecule is Cc1ccc(F)cc1-c1c(/C(N)=N/O)cccc1-c1ccc(O)cc1. The first-order valence-electron chi connectivity index (χ1n) is 7.68. The van der Waals surface area contributed by atoms with Crippen molar-refractivity contribution in [1.82, 2.24) is 0 Å². The van der Waals surface area contributed by atoms with Gasteiger partial charge in [-0.05, 0) is 53.4 Å². The Bertz CT molecular complexity index is 950. The van der Waals surface area contributed by atoms with Crippen LogP contribution in [0.15, 0.2) is 65.8 Å². The predicted octanol–water partition coefficient (Wildman–Crippen LogP) is 4.27. The summed E-state index contributed by atoms with van der Waals surface area (Å²) in [5, 5.41) is 21.8. The van der Waals surface area contributed by atoms with Crippen LogP contribution in [-0.4, -0.2) is 16.1 Å². The van der Waals surface area contributed by atoms with Crippen molar-refractivity contribution >= 4 is 5.84 Å². The highest BCUT2D eigenvalue weighted by molar-refractivity contribution is 6.07. The summed E-state index contributed by atoms with van der Waals surface area (Å²) < 4.78 is 13.9. The predicted molar refractivity (Wildman–Crippen MR) is 96.2 cm³/mol. The van der Waals surface area contributed by atoms with Gasteiger partial charge < -0.3 is 16.0 Å². The van der Waals surface area contributed by atoms with Gasteiger partial charge in [-0.15, -0.1) is 0 Å². The third-order valence-corrected chi connectivity index (χ3v) is 4.10. The van der Waals surface area contributed by atoms with Crippen molar-refractivity contribution in [3.8, 4) is 28.0 Å². The quantitative estimate of drug-likeness (QED) is 0.289. The van der Waals surface area contributed by atoms with E-state index in [4.69, 9.17) is 10.9 Å². The van der Waals surface area contributed by atoms with Gasteiger partial charge in [0.05, 0.1) is 0 Å². The highest BCUT2D eigenvalue weighted by atomic mass is 19.1. The van der Waals surface area contributed by atoms with Crippen molar-refractivity contribution in [2.24, 2.45) is 10.9 Å². The number of aromatic hydroxyl groups is 1. The van der Waals surface area contributed by atoms with E-state index in [1.165, 1.54) is 12.1 Å². The maximum atomic E-state index is 13.9. The van der Waals surface area contributed by atoms with E-state index in [1.54, 1.807) is 42.5 Å². The zero-order valence-electron chi connectivity index (χ0n) is 13.6. The van der Waals surface area contributed by atoms with E-state index >= 15 is 0 Å². The molecular formula is C20H17FN2O2. The fourth-order valence-corrected chi connectivity index (χ4v) is 2.85. The Hall–Kier alpha value is -3.34. The lowest BCUT2D eigenvalue weighted by atomic mass is 9.88. The number of nitrogens with zero attached hydrogens (tertiary/aromatic N) is 1. The van der Waals surface area contributed by atoms with Crippen LogP contribution < -0.4 is 5.73 Å². The second-order valence-electron chi connectivity index (χ2n) is 5.72. The molecule has 3 rings (SSSR count). The van der Waals surface area contributed by atoms with Crippen LogP contribution in [0.1, 0.15) is 11.1 Å². The van der Waals surface area contributed by atoms with E-state index in [9.17, 15) is 9.50 Å². The maximum absolute atomic E-state index is 13.9. The zero-order chi connectivity index (χ0) is 18.0. The molecule has 0 heterocycles. The van der Waals surface area contributed by atoms with Crippen molar-refractivity contribution in [2.75, 3.05) is 0 Å². The fraction of sp³-hybridized carbons (Fsp3) is 0.0500. The number of phenolic OH excluding ortho intramolecular Hbond substituents is 1. The zero-order valence-corrected chi connectivity index (χ0v) is 13.6. The molecule has 25 heavy (non-hydrogen) atoms. The third kappa shape index (κ3) is 3.17. The fourth-order valence-electron chi connectivity index (χ4n) is 2.85. The number of hydrogen-bond acceptors (Lipinski definition) is 3. The van der Waals surface area contributed by atoms with Crippen molar-refractivity contribution in [3.63, 3.8) is 0 Å². The Balaban J connectivity index is 2.37. The van der Waals surface area contributed by atoms with E-state index in [1.807, 2.05) is 13.0 Å². The van der Waals surface area contributed by atoms with Gasteiger partial charge in [0.15, 0.2) is 5.84 Å². The van der Waals surface area contributed by atoms with Gasteiger partial charge in [-0.2, -0.15) is 0 Å². The van der Waals surface area contributed by atoms with Crippen molar-refractivity contribution in [3.05, 3.63) is 77.6 Å². The molecule has 4 N–H and O–H groups in total. The monoisotopic (exact) mass is 336 g/mol. The molecule has 126 valence electrons. The number of benzene rings is 3. The Morgan fingerprint density at radius 2 is 1.72 bits per heavy atom. The summed E-state index contributed by atoms with van der Waals surface area (Å²) in [6, 6.07) is 16.6. The van der Waals surface area contributed by atoms with Gasteiger partial charge >= 0.3 is 0 Å². The van der Waals surface area contributed by atoms with E-state index in [-0.39, 0.29) is 17.4 Å². The second kappa shape index (κ2) is 6.65. The van der Waals surface area contributed by atoms with Gasteiger partial charge in [0.1, 0.15) is 11.6 Å². The van der Waals surface area contributed by atoms with Crippen LogP contribution in [0.25, 0.3) is 22.3 Å². The number of aryl methyl sites for hydroxylation is 1. The average molecular weight is 336 g/mol. The minimum absolute atomic E-state index is 0.0562. The summed E-state index contributed by atoms with van der Waals surface area (Å²) in [6.45, 7) is 1.87. The van der Waals surface area contributed by atoms with Crippen LogP contribution in [0.3, 0.4) is 0 Å². The molecule has 0 fully saturated rings. The van der Waals surface area contributed by atoms with Crippen LogP contribution >= 0.6 is 0 Å². The number of hydrogen-bond donors (Lipinski definition) is 3. The molecule has 0 amide bonds. The van der Waals surface area contributed by atoms with Crippen LogP contribution in [0, 0.1) is 12.7 Å². The highest BCUT2D eigenvalue weighted by Gasteiger charge is 2.17. The summed E-state index contributed by atoms with van der Waals surface area (Å²) in [7, 11) is 0. The lowest BCUT2D eigenvalue weighted by molar-refractivity contribution is 0.318. The number of phenols is 1. The van der Waals surface area contributed by atoms with E-state index in [0.29, 0.717) is 16.7 Å². The molecule has 0 aliphatic rings. The molecule has 0 saturated heterocycles.